The molecule has 0 saturated carbocycles. The van der Waals surface area contributed by atoms with Crippen LogP contribution in [0, 0.1) is 0 Å². The first-order valence-electron chi connectivity index (χ1n) is 10.2. The number of hydrogen-bond acceptors (Lipinski definition) is 3. The second-order valence-corrected chi connectivity index (χ2v) is 9.80. The van der Waals surface area contributed by atoms with Crippen LogP contribution in [-0.2, 0) is 22.9 Å². The fourth-order valence-corrected chi connectivity index (χ4v) is 4.48. The lowest BCUT2D eigenvalue weighted by atomic mass is 9.94. The van der Waals surface area contributed by atoms with Crippen LogP contribution in [0.5, 0.6) is 0 Å². The van der Waals surface area contributed by atoms with Gasteiger partial charge in [-0.2, -0.15) is 0 Å². The third-order valence-corrected chi connectivity index (χ3v) is 6.00. The highest BCUT2D eigenvalue weighted by molar-refractivity contribution is 7.92. The molecule has 1 aliphatic rings. The Morgan fingerprint density at radius 1 is 0.903 bits per heavy atom. The van der Waals surface area contributed by atoms with Gasteiger partial charge >= 0.3 is 0 Å². The van der Waals surface area contributed by atoms with Crippen LogP contribution in [0.3, 0.4) is 0 Å². The summed E-state index contributed by atoms with van der Waals surface area (Å²) in [4.78, 5) is 2.12. The molecule has 0 spiro atoms. The Morgan fingerprint density at radius 3 is 2.42 bits per heavy atom. The van der Waals surface area contributed by atoms with E-state index in [2.05, 4.69) is 71.9 Å². The van der Waals surface area contributed by atoms with Crippen LogP contribution in [0.1, 0.15) is 27.8 Å². The van der Waals surface area contributed by atoms with Crippen LogP contribution in [0.25, 0.3) is 11.6 Å². The molecule has 0 heterocycles. The lowest BCUT2D eigenvalue weighted by Gasteiger charge is -2.16. The van der Waals surface area contributed by atoms with Gasteiger partial charge < -0.3 is 4.90 Å². The molecule has 0 atom stereocenters. The van der Waals surface area contributed by atoms with Crippen molar-refractivity contribution >= 4 is 33.0 Å². The average Bonchev–Trinajstić information content (AvgIpc) is 2.87. The molecule has 0 saturated heterocycles. The summed E-state index contributed by atoms with van der Waals surface area (Å²) in [7, 11) is 0.795. The summed E-state index contributed by atoms with van der Waals surface area (Å²) in [5.41, 5.74) is 12.2. The first-order chi connectivity index (χ1) is 14.8. The maximum Gasteiger partial charge on any atom is 0.229 e. The molecule has 4 nitrogen and oxygen atoms in total. The van der Waals surface area contributed by atoms with Crippen LogP contribution in [0.2, 0.25) is 0 Å². The summed E-state index contributed by atoms with van der Waals surface area (Å²) in [5.74, 6) is 0. The minimum atomic E-state index is -3.32. The van der Waals surface area contributed by atoms with Gasteiger partial charge in [0.1, 0.15) is 0 Å². The van der Waals surface area contributed by atoms with Crippen LogP contribution in [0.4, 0.5) is 11.4 Å². The molecule has 0 radical (unpaired) electrons. The molecule has 158 valence electrons. The summed E-state index contributed by atoms with van der Waals surface area (Å²) >= 11 is 0. The number of fused-ring (bicyclic) bond motifs is 2. The lowest BCUT2D eigenvalue weighted by molar-refractivity contribution is 0.607. The molecular formula is C26H26N2O2S. The van der Waals surface area contributed by atoms with Gasteiger partial charge in [-0.25, -0.2) is 8.42 Å². The molecule has 31 heavy (non-hydrogen) atoms. The topological polar surface area (TPSA) is 49.4 Å². The minimum Gasteiger partial charge on any atom is -0.378 e. The number of nitrogens with one attached hydrogen (secondary N) is 1. The van der Waals surface area contributed by atoms with Crippen molar-refractivity contribution in [3.63, 3.8) is 0 Å². The van der Waals surface area contributed by atoms with E-state index in [0.29, 0.717) is 5.69 Å². The van der Waals surface area contributed by atoms with Crippen molar-refractivity contribution in [1.82, 2.24) is 0 Å². The van der Waals surface area contributed by atoms with E-state index < -0.39 is 10.0 Å². The first kappa shape index (κ1) is 21.0. The molecule has 0 unspecified atom stereocenters. The highest BCUT2D eigenvalue weighted by atomic mass is 32.2. The minimum absolute atomic E-state index is 0.542. The molecule has 0 amide bonds. The Kier molecular flexibility index (Phi) is 5.73. The van der Waals surface area contributed by atoms with E-state index in [-0.39, 0.29) is 0 Å². The fourth-order valence-electron chi connectivity index (χ4n) is 3.92. The van der Waals surface area contributed by atoms with E-state index in [1.807, 2.05) is 24.3 Å². The Morgan fingerprint density at radius 2 is 1.65 bits per heavy atom. The number of aryl methyl sites for hydroxylation is 2. The van der Waals surface area contributed by atoms with Gasteiger partial charge in [-0.3, -0.25) is 4.72 Å². The van der Waals surface area contributed by atoms with Gasteiger partial charge in [0, 0.05) is 31.0 Å². The highest BCUT2D eigenvalue weighted by Gasteiger charge is 2.18. The van der Waals surface area contributed by atoms with E-state index in [4.69, 9.17) is 0 Å². The van der Waals surface area contributed by atoms with Crippen molar-refractivity contribution in [3.05, 3.63) is 100 Å². The molecule has 5 heteroatoms. The Bertz CT molecular complexity index is 1300. The van der Waals surface area contributed by atoms with Gasteiger partial charge in [0.25, 0.3) is 0 Å². The first-order valence-corrected chi connectivity index (χ1v) is 12.1. The zero-order valence-electron chi connectivity index (χ0n) is 18.0. The normalized spacial score (nSPS) is 12.8. The zero-order valence-corrected chi connectivity index (χ0v) is 18.8. The number of nitrogens with zero attached hydrogens (tertiary/aromatic N) is 1. The highest BCUT2D eigenvalue weighted by Crippen LogP contribution is 2.34. The van der Waals surface area contributed by atoms with Gasteiger partial charge in [-0.1, -0.05) is 42.5 Å². The van der Waals surface area contributed by atoms with Crippen LogP contribution in [-0.4, -0.2) is 28.8 Å². The predicted molar refractivity (Wildman–Crippen MR) is 130 cm³/mol. The predicted octanol–water partition coefficient (Wildman–Crippen LogP) is 4.97. The number of anilines is 2. The third kappa shape index (κ3) is 4.91. The molecule has 3 aromatic carbocycles. The SMILES string of the molecule is CN(C)c1ccc2c(c1)CCc1ccccc1C2=C=Cc1cccc(NS(C)(=O)=O)c1. The van der Waals surface area contributed by atoms with Crippen molar-refractivity contribution in [2.75, 3.05) is 30.0 Å². The smallest absolute Gasteiger partial charge is 0.229 e. The number of sulfonamides is 1. The van der Waals surface area contributed by atoms with E-state index in [9.17, 15) is 8.42 Å². The Hall–Kier alpha value is -3.27. The Balaban J connectivity index is 1.85. The summed E-state index contributed by atoms with van der Waals surface area (Å²) in [6.45, 7) is 0. The second-order valence-electron chi connectivity index (χ2n) is 8.06. The zero-order chi connectivity index (χ0) is 22.0. The largest absolute Gasteiger partial charge is 0.378 e. The maximum absolute atomic E-state index is 11.6. The van der Waals surface area contributed by atoms with Gasteiger partial charge in [0.15, 0.2) is 0 Å². The van der Waals surface area contributed by atoms with E-state index in [1.165, 1.54) is 27.9 Å². The lowest BCUT2D eigenvalue weighted by Crippen LogP contribution is -2.09. The van der Waals surface area contributed by atoms with Crippen molar-refractivity contribution in [2.24, 2.45) is 0 Å². The van der Waals surface area contributed by atoms with Gasteiger partial charge in [-0.15, -0.1) is 5.73 Å². The number of rotatable bonds is 4. The summed E-state index contributed by atoms with van der Waals surface area (Å²) < 4.78 is 25.7. The van der Waals surface area contributed by atoms with Crippen LogP contribution in [0.15, 0.2) is 72.5 Å². The van der Waals surface area contributed by atoms with Gasteiger partial charge in [0.2, 0.25) is 10.0 Å². The van der Waals surface area contributed by atoms with Crippen LogP contribution >= 0.6 is 0 Å². The van der Waals surface area contributed by atoms with Gasteiger partial charge in [0.05, 0.1) is 6.26 Å². The molecule has 1 aliphatic carbocycles. The standard InChI is InChI=1S/C26H26N2O2S/c1-28(2)23-14-16-25-21(18-23)13-12-20-8-4-5-10-24(20)26(25)15-11-19-7-6-9-22(17-19)27-31(3,29)30/h4-11,14,16-18,27H,12-13H2,1-3H3. The molecule has 1 N–H and O–H groups in total. The molecule has 3 aromatic rings. The maximum atomic E-state index is 11.6. The van der Waals surface area contributed by atoms with E-state index in [0.717, 1.165) is 30.2 Å². The molecule has 0 fully saturated rings. The molecule has 4 rings (SSSR count). The monoisotopic (exact) mass is 430 g/mol. The molecule has 0 bridgehead atoms. The number of hydrogen-bond donors (Lipinski definition) is 1. The van der Waals surface area contributed by atoms with Crippen molar-refractivity contribution in [1.29, 1.82) is 0 Å². The van der Waals surface area contributed by atoms with Crippen molar-refractivity contribution < 1.29 is 8.42 Å². The number of benzene rings is 3. The van der Waals surface area contributed by atoms with Gasteiger partial charge in [-0.05, 0) is 71.0 Å². The fraction of sp³-hybridized carbons (Fsp3) is 0.192. The second kappa shape index (κ2) is 8.46. The summed E-state index contributed by atoms with van der Waals surface area (Å²) in [6, 6.07) is 22.4. The quantitative estimate of drug-likeness (QED) is 0.595. The summed E-state index contributed by atoms with van der Waals surface area (Å²) in [5, 5.41) is 0. The van der Waals surface area contributed by atoms with E-state index in [1.54, 1.807) is 6.07 Å². The summed E-state index contributed by atoms with van der Waals surface area (Å²) in [6.07, 6.45) is 5.04. The van der Waals surface area contributed by atoms with E-state index >= 15 is 0 Å². The van der Waals surface area contributed by atoms with Crippen molar-refractivity contribution in [2.45, 2.75) is 12.8 Å². The molecule has 0 aliphatic heterocycles. The van der Waals surface area contributed by atoms with Crippen LogP contribution < -0.4 is 9.62 Å². The average molecular weight is 431 g/mol. The molecule has 0 aromatic heterocycles. The Labute approximate surface area is 184 Å². The van der Waals surface area contributed by atoms with Crippen molar-refractivity contribution in [3.8, 4) is 0 Å². The third-order valence-electron chi connectivity index (χ3n) is 5.40. The molecular weight excluding hydrogens is 404 g/mol.